The number of carbonyl (C=O) groups is 1. The van der Waals surface area contributed by atoms with E-state index in [0.717, 1.165) is 45.7 Å². The van der Waals surface area contributed by atoms with Gasteiger partial charge in [0.2, 0.25) is 0 Å². The molecule has 1 aromatic carbocycles. The Labute approximate surface area is 126 Å². The van der Waals surface area contributed by atoms with E-state index >= 15 is 0 Å². The number of carboxylic acids is 1. The molecule has 0 aliphatic carbocycles. The number of ether oxygens (including phenoxy) is 1. The molecule has 0 unspecified atom stereocenters. The highest BCUT2D eigenvalue weighted by atomic mass is 16.5. The summed E-state index contributed by atoms with van der Waals surface area (Å²) < 4.78 is 5.61. The fourth-order valence-electron chi connectivity index (χ4n) is 2.57. The van der Waals surface area contributed by atoms with E-state index in [4.69, 9.17) is 9.84 Å². The van der Waals surface area contributed by atoms with Gasteiger partial charge in [0.05, 0.1) is 6.61 Å². The predicted molar refractivity (Wildman–Crippen MR) is 82.1 cm³/mol. The Hall–Kier alpha value is -1.59. The van der Waals surface area contributed by atoms with Crippen molar-refractivity contribution in [1.82, 2.24) is 9.80 Å². The highest BCUT2D eigenvalue weighted by molar-refractivity contribution is 5.90. The van der Waals surface area contributed by atoms with Crippen LogP contribution in [0.5, 0.6) is 5.75 Å². The normalized spacial score (nSPS) is 16.8. The van der Waals surface area contributed by atoms with Crippen LogP contribution in [-0.4, -0.2) is 66.8 Å². The largest absolute Gasteiger partial charge is 0.493 e. The van der Waals surface area contributed by atoms with E-state index in [0.29, 0.717) is 12.4 Å². The number of carboxylic acid groups (broad SMARTS) is 1. The Morgan fingerprint density at radius 2 is 1.86 bits per heavy atom. The molecule has 0 atom stereocenters. The van der Waals surface area contributed by atoms with Crippen molar-refractivity contribution in [3.05, 3.63) is 29.8 Å². The van der Waals surface area contributed by atoms with Crippen molar-refractivity contribution in [3.63, 3.8) is 0 Å². The lowest BCUT2D eigenvalue weighted by Crippen LogP contribution is -2.46. The fourth-order valence-corrected chi connectivity index (χ4v) is 2.57. The van der Waals surface area contributed by atoms with Gasteiger partial charge < -0.3 is 19.6 Å². The Morgan fingerprint density at radius 1 is 1.19 bits per heavy atom. The van der Waals surface area contributed by atoms with Gasteiger partial charge in [0.15, 0.2) is 0 Å². The lowest BCUT2D eigenvalue weighted by molar-refractivity contribution is 0.0691. The van der Waals surface area contributed by atoms with E-state index < -0.39 is 5.97 Å². The molecule has 2 rings (SSSR count). The minimum Gasteiger partial charge on any atom is -0.493 e. The van der Waals surface area contributed by atoms with Crippen LogP contribution in [0.4, 0.5) is 0 Å². The third kappa shape index (κ3) is 4.72. The number of piperazine rings is 1. The number of aromatic carboxylic acids is 1. The number of likely N-dealkylation sites (N-methyl/N-ethyl adjacent to an activating group) is 1. The summed E-state index contributed by atoms with van der Waals surface area (Å²) in [5, 5.41) is 9.08. The third-order valence-corrected chi connectivity index (χ3v) is 3.91. The molecule has 116 valence electrons. The third-order valence-electron chi connectivity index (χ3n) is 3.91. The summed E-state index contributed by atoms with van der Waals surface area (Å²) >= 11 is 0. The zero-order chi connectivity index (χ0) is 15.1. The minimum absolute atomic E-state index is 0.231. The SMILES string of the molecule is CCN1CCN(CCCOc2ccccc2C(=O)O)CC1. The molecule has 1 fully saturated rings. The molecule has 5 nitrogen and oxygen atoms in total. The number of rotatable bonds is 7. The highest BCUT2D eigenvalue weighted by Crippen LogP contribution is 2.17. The molecule has 1 saturated heterocycles. The molecule has 0 spiro atoms. The number of hydrogen-bond donors (Lipinski definition) is 1. The first-order chi connectivity index (χ1) is 10.2. The molecule has 0 amide bonds. The summed E-state index contributed by atoms with van der Waals surface area (Å²) in [6.07, 6.45) is 0.917. The molecule has 0 radical (unpaired) electrons. The van der Waals surface area contributed by atoms with Crippen molar-refractivity contribution in [2.75, 3.05) is 45.9 Å². The summed E-state index contributed by atoms with van der Waals surface area (Å²) in [6, 6.07) is 6.79. The van der Waals surface area contributed by atoms with Gasteiger partial charge in [-0.05, 0) is 25.1 Å². The van der Waals surface area contributed by atoms with Crippen molar-refractivity contribution in [1.29, 1.82) is 0 Å². The Balaban J connectivity index is 1.70. The Morgan fingerprint density at radius 3 is 2.52 bits per heavy atom. The average molecular weight is 292 g/mol. The second-order valence-electron chi connectivity index (χ2n) is 5.28. The molecular weight excluding hydrogens is 268 g/mol. The molecule has 1 aliphatic heterocycles. The smallest absolute Gasteiger partial charge is 0.339 e. The van der Waals surface area contributed by atoms with E-state index in [9.17, 15) is 4.79 Å². The summed E-state index contributed by atoms with van der Waals surface area (Å²) in [7, 11) is 0. The minimum atomic E-state index is -0.943. The molecule has 1 aliphatic rings. The zero-order valence-corrected chi connectivity index (χ0v) is 12.6. The summed E-state index contributed by atoms with van der Waals surface area (Å²) in [4.78, 5) is 16.0. The van der Waals surface area contributed by atoms with Crippen LogP contribution in [0, 0.1) is 0 Å². The van der Waals surface area contributed by atoms with Crippen molar-refractivity contribution >= 4 is 5.97 Å². The molecule has 1 heterocycles. The quantitative estimate of drug-likeness (QED) is 0.777. The molecule has 1 N–H and O–H groups in total. The van der Waals surface area contributed by atoms with Gasteiger partial charge in [-0.3, -0.25) is 0 Å². The number of nitrogens with zero attached hydrogens (tertiary/aromatic N) is 2. The molecule has 0 aromatic heterocycles. The van der Waals surface area contributed by atoms with E-state index in [1.807, 2.05) is 0 Å². The first-order valence-corrected chi connectivity index (χ1v) is 7.60. The molecular formula is C16H24N2O3. The van der Waals surface area contributed by atoms with E-state index in [-0.39, 0.29) is 5.56 Å². The van der Waals surface area contributed by atoms with E-state index in [1.165, 1.54) is 0 Å². The first-order valence-electron chi connectivity index (χ1n) is 7.60. The topological polar surface area (TPSA) is 53.0 Å². The first kappa shape index (κ1) is 15.8. The van der Waals surface area contributed by atoms with Crippen LogP contribution in [0.1, 0.15) is 23.7 Å². The summed E-state index contributed by atoms with van der Waals surface area (Å²) in [5.74, 6) is -0.484. The maximum atomic E-state index is 11.1. The van der Waals surface area contributed by atoms with Crippen LogP contribution in [0.3, 0.4) is 0 Å². The molecule has 5 heteroatoms. The molecule has 1 aromatic rings. The number of benzene rings is 1. The van der Waals surface area contributed by atoms with E-state index in [1.54, 1.807) is 24.3 Å². The second-order valence-corrected chi connectivity index (χ2v) is 5.28. The van der Waals surface area contributed by atoms with Crippen molar-refractivity contribution in [3.8, 4) is 5.75 Å². The predicted octanol–water partition coefficient (Wildman–Crippen LogP) is 1.79. The zero-order valence-electron chi connectivity index (χ0n) is 12.6. The van der Waals surface area contributed by atoms with Gasteiger partial charge in [-0.2, -0.15) is 0 Å². The van der Waals surface area contributed by atoms with Gasteiger partial charge in [0.1, 0.15) is 11.3 Å². The lowest BCUT2D eigenvalue weighted by atomic mass is 10.2. The van der Waals surface area contributed by atoms with Gasteiger partial charge in [-0.1, -0.05) is 19.1 Å². The van der Waals surface area contributed by atoms with Crippen LogP contribution >= 0.6 is 0 Å². The van der Waals surface area contributed by atoms with Crippen LogP contribution in [0.25, 0.3) is 0 Å². The molecule has 0 bridgehead atoms. The number of hydrogen-bond acceptors (Lipinski definition) is 4. The van der Waals surface area contributed by atoms with Gasteiger partial charge in [-0.25, -0.2) is 4.79 Å². The maximum absolute atomic E-state index is 11.1. The van der Waals surface area contributed by atoms with Gasteiger partial charge in [0.25, 0.3) is 0 Å². The standard InChI is InChI=1S/C16H24N2O3/c1-2-17-9-11-18(12-10-17)8-5-13-21-15-7-4-3-6-14(15)16(19)20/h3-4,6-7H,2,5,8-13H2,1H3,(H,19,20). The average Bonchev–Trinajstić information content (AvgIpc) is 2.52. The van der Waals surface area contributed by atoms with Crippen LogP contribution in [0.2, 0.25) is 0 Å². The van der Waals surface area contributed by atoms with Crippen LogP contribution < -0.4 is 4.74 Å². The lowest BCUT2D eigenvalue weighted by Gasteiger charge is -2.33. The summed E-state index contributed by atoms with van der Waals surface area (Å²) in [5.41, 5.74) is 0.231. The molecule has 0 saturated carbocycles. The van der Waals surface area contributed by atoms with Crippen molar-refractivity contribution < 1.29 is 14.6 Å². The summed E-state index contributed by atoms with van der Waals surface area (Å²) in [6.45, 7) is 9.38. The monoisotopic (exact) mass is 292 g/mol. The number of para-hydroxylation sites is 1. The fraction of sp³-hybridized carbons (Fsp3) is 0.562. The molecule has 21 heavy (non-hydrogen) atoms. The van der Waals surface area contributed by atoms with Crippen LogP contribution in [-0.2, 0) is 0 Å². The van der Waals surface area contributed by atoms with E-state index in [2.05, 4.69) is 16.7 Å². The van der Waals surface area contributed by atoms with Gasteiger partial charge in [-0.15, -0.1) is 0 Å². The van der Waals surface area contributed by atoms with Crippen molar-refractivity contribution in [2.45, 2.75) is 13.3 Å². The second kappa shape index (κ2) is 8.00. The van der Waals surface area contributed by atoms with Crippen molar-refractivity contribution in [2.24, 2.45) is 0 Å². The van der Waals surface area contributed by atoms with Gasteiger partial charge >= 0.3 is 5.97 Å². The van der Waals surface area contributed by atoms with Crippen LogP contribution in [0.15, 0.2) is 24.3 Å². The Bertz CT molecular complexity index is 457. The highest BCUT2D eigenvalue weighted by Gasteiger charge is 2.15. The Kier molecular flexibility index (Phi) is 6.02. The van der Waals surface area contributed by atoms with Gasteiger partial charge in [0, 0.05) is 32.7 Å². The maximum Gasteiger partial charge on any atom is 0.339 e.